The molecule has 0 aliphatic heterocycles. The molecule has 0 spiro atoms. The normalized spacial score (nSPS) is 11.8. The summed E-state index contributed by atoms with van der Waals surface area (Å²) in [6.45, 7) is 1.77. The molecule has 0 saturated heterocycles. The van der Waals surface area contributed by atoms with Gasteiger partial charge >= 0.3 is 0 Å². The van der Waals surface area contributed by atoms with Gasteiger partial charge < -0.3 is 10.3 Å². The number of rotatable bonds is 4. The average Bonchev–Trinajstić information content (AvgIpc) is 2.92. The quantitative estimate of drug-likeness (QED) is 0.646. The third-order valence-corrected chi connectivity index (χ3v) is 2.60. The van der Waals surface area contributed by atoms with Gasteiger partial charge in [-0.25, -0.2) is 4.98 Å². The first kappa shape index (κ1) is 12.7. The van der Waals surface area contributed by atoms with Crippen LogP contribution >= 0.6 is 0 Å². The third kappa shape index (κ3) is 2.95. The number of nitrogens with one attached hydrogen (secondary N) is 2. The van der Waals surface area contributed by atoms with Crippen LogP contribution in [0.4, 0.5) is 5.69 Å². The lowest BCUT2D eigenvalue weighted by Crippen LogP contribution is -2.27. The van der Waals surface area contributed by atoms with Crippen LogP contribution in [0.25, 0.3) is 0 Å². The molecule has 98 valence electrons. The van der Waals surface area contributed by atoms with Crippen LogP contribution in [0.1, 0.15) is 29.1 Å². The number of hydrogen-bond donors (Lipinski definition) is 2. The van der Waals surface area contributed by atoms with E-state index in [0.717, 1.165) is 0 Å². The Kier molecular flexibility index (Phi) is 3.56. The van der Waals surface area contributed by atoms with Crippen molar-refractivity contribution < 1.29 is 9.72 Å². The smallest absolute Gasteiger partial charge is 0.270 e. The van der Waals surface area contributed by atoms with E-state index in [1.165, 1.54) is 24.3 Å². The molecule has 1 unspecified atom stereocenters. The van der Waals surface area contributed by atoms with E-state index < -0.39 is 4.92 Å². The van der Waals surface area contributed by atoms with Gasteiger partial charge in [-0.05, 0) is 13.0 Å². The van der Waals surface area contributed by atoms with Crippen LogP contribution in [0.2, 0.25) is 0 Å². The number of carbonyl (C=O) groups is 1. The molecule has 0 fully saturated rings. The number of nitro benzene ring substituents is 1. The first-order valence-corrected chi connectivity index (χ1v) is 5.62. The lowest BCUT2D eigenvalue weighted by atomic mass is 10.2. The van der Waals surface area contributed by atoms with Gasteiger partial charge in [0.2, 0.25) is 0 Å². The molecule has 1 aromatic carbocycles. The number of nitro groups is 1. The van der Waals surface area contributed by atoms with Crippen molar-refractivity contribution in [3.63, 3.8) is 0 Å². The molecule has 2 N–H and O–H groups in total. The second-order valence-electron chi connectivity index (χ2n) is 3.98. The Hall–Kier alpha value is -2.70. The first-order chi connectivity index (χ1) is 9.08. The molecule has 7 nitrogen and oxygen atoms in total. The molecule has 1 aromatic heterocycles. The highest BCUT2D eigenvalue weighted by molar-refractivity contribution is 5.94. The first-order valence-electron chi connectivity index (χ1n) is 5.62. The maximum Gasteiger partial charge on any atom is 0.270 e. The Morgan fingerprint density at radius 1 is 1.53 bits per heavy atom. The van der Waals surface area contributed by atoms with Gasteiger partial charge in [0.25, 0.3) is 11.6 Å². The number of benzene rings is 1. The van der Waals surface area contributed by atoms with Crippen LogP contribution in [-0.2, 0) is 0 Å². The second-order valence-corrected chi connectivity index (χ2v) is 3.98. The van der Waals surface area contributed by atoms with E-state index in [0.29, 0.717) is 5.82 Å². The van der Waals surface area contributed by atoms with Gasteiger partial charge in [-0.3, -0.25) is 14.9 Å². The highest BCUT2D eigenvalue weighted by Crippen LogP contribution is 2.14. The number of amides is 1. The van der Waals surface area contributed by atoms with Crippen LogP contribution in [0, 0.1) is 10.1 Å². The molecule has 1 heterocycles. The molecule has 0 bridgehead atoms. The molecule has 0 aliphatic rings. The van der Waals surface area contributed by atoms with E-state index in [1.54, 1.807) is 19.3 Å². The Morgan fingerprint density at radius 2 is 2.32 bits per heavy atom. The maximum absolute atomic E-state index is 11.9. The topological polar surface area (TPSA) is 101 Å². The van der Waals surface area contributed by atoms with Crippen LogP contribution < -0.4 is 5.32 Å². The number of aromatic amines is 1. The predicted molar refractivity (Wildman–Crippen MR) is 67.6 cm³/mol. The zero-order chi connectivity index (χ0) is 13.8. The molecular formula is C12H12N4O3. The number of carbonyl (C=O) groups excluding carboxylic acids is 1. The van der Waals surface area contributed by atoms with E-state index in [1.807, 2.05) is 0 Å². The van der Waals surface area contributed by atoms with E-state index in [-0.39, 0.29) is 23.2 Å². The Balaban J connectivity index is 2.12. The molecule has 0 saturated carbocycles. The van der Waals surface area contributed by atoms with Gasteiger partial charge in [-0.15, -0.1) is 0 Å². The summed E-state index contributed by atoms with van der Waals surface area (Å²) < 4.78 is 0. The van der Waals surface area contributed by atoms with Gasteiger partial charge in [0, 0.05) is 30.1 Å². The van der Waals surface area contributed by atoms with E-state index in [2.05, 4.69) is 15.3 Å². The number of aromatic nitrogens is 2. The molecule has 7 heteroatoms. The molecule has 2 aromatic rings. The highest BCUT2D eigenvalue weighted by Gasteiger charge is 2.15. The molecule has 0 radical (unpaired) electrons. The predicted octanol–water partition coefficient (Wildman–Crippen LogP) is 1.81. The van der Waals surface area contributed by atoms with Crippen molar-refractivity contribution in [2.45, 2.75) is 13.0 Å². The zero-order valence-corrected chi connectivity index (χ0v) is 10.2. The van der Waals surface area contributed by atoms with E-state index >= 15 is 0 Å². The molecule has 19 heavy (non-hydrogen) atoms. The number of hydrogen-bond acceptors (Lipinski definition) is 4. The van der Waals surface area contributed by atoms with E-state index in [4.69, 9.17) is 0 Å². The summed E-state index contributed by atoms with van der Waals surface area (Å²) in [6.07, 6.45) is 3.25. The van der Waals surface area contributed by atoms with Crippen LogP contribution in [0.3, 0.4) is 0 Å². The van der Waals surface area contributed by atoms with Crippen LogP contribution in [0.5, 0.6) is 0 Å². The monoisotopic (exact) mass is 260 g/mol. The van der Waals surface area contributed by atoms with Gasteiger partial charge in [-0.1, -0.05) is 6.07 Å². The number of H-pyrrole nitrogens is 1. The minimum atomic E-state index is -0.535. The fraction of sp³-hybridized carbons (Fsp3) is 0.167. The second kappa shape index (κ2) is 5.30. The van der Waals surface area contributed by atoms with E-state index in [9.17, 15) is 14.9 Å². The van der Waals surface area contributed by atoms with Gasteiger partial charge in [0.1, 0.15) is 5.82 Å². The minimum Gasteiger partial charge on any atom is -0.347 e. The Bertz CT molecular complexity index is 595. The minimum absolute atomic E-state index is 0.113. The van der Waals surface area contributed by atoms with Crippen molar-refractivity contribution in [3.8, 4) is 0 Å². The van der Waals surface area contributed by atoms with Crippen molar-refractivity contribution in [1.29, 1.82) is 0 Å². The molecular weight excluding hydrogens is 248 g/mol. The number of imidazole rings is 1. The van der Waals surface area contributed by atoms with Crippen LogP contribution in [-0.4, -0.2) is 20.8 Å². The zero-order valence-electron chi connectivity index (χ0n) is 10.2. The average molecular weight is 260 g/mol. The van der Waals surface area contributed by atoms with Crippen molar-refractivity contribution in [2.75, 3.05) is 0 Å². The molecule has 0 aliphatic carbocycles. The highest BCUT2D eigenvalue weighted by atomic mass is 16.6. The fourth-order valence-corrected chi connectivity index (χ4v) is 1.62. The SMILES string of the molecule is CC(NC(=O)c1cccc([N+](=O)[O-])c1)c1ncc[nH]1. The summed E-state index contributed by atoms with van der Waals surface area (Å²) >= 11 is 0. The van der Waals surface area contributed by atoms with Crippen molar-refractivity contribution in [3.05, 3.63) is 58.2 Å². The summed E-state index contributed by atoms with van der Waals surface area (Å²) in [5, 5.41) is 13.4. The summed E-state index contributed by atoms with van der Waals surface area (Å²) in [7, 11) is 0. The third-order valence-electron chi connectivity index (χ3n) is 2.60. The summed E-state index contributed by atoms with van der Waals surface area (Å²) in [5.41, 5.74) is 0.130. The lowest BCUT2D eigenvalue weighted by molar-refractivity contribution is -0.384. The Morgan fingerprint density at radius 3 is 2.95 bits per heavy atom. The van der Waals surface area contributed by atoms with Crippen molar-refractivity contribution in [2.24, 2.45) is 0 Å². The number of nitrogens with zero attached hydrogens (tertiary/aromatic N) is 2. The summed E-state index contributed by atoms with van der Waals surface area (Å²) in [5.74, 6) is 0.242. The summed E-state index contributed by atoms with van der Waals surface area (Å²) in [4.78, 5) is 29.0. The van der Waals surface area contributed by atoms with Gasteiger partial charge in [0.05, 0.1) is 11.0 Å². The Labute approximate surface area is 108 Å². The maximum atomic E-state index is 11.9. The summed E-state index contributed by atoms with van der Waals surface area (Å²) in [6, 6.07) is 5.28. The van der Waals surface area contributed by atoms with Gasteiger partial charge in [0.15, 0.2) is 0 Å². The molecule has 2 rings (SSSR count). The standard InChI is InChI=1S/C12H12N4O3/c1-8(11-13-5-6-14-11)15-12(17)9-3-2-4-10(7-9)16(18)19/h2-8H,1H3,(H,13,14)(H,15,17). The molecule has 1 amide bonds. The lowest BCUT2D eigenvalue weighted by Gasteiger charge is -2.11. The van der Waals surface area contributed by atoms with Crippen molar-refractivity contribution in [1.82, 2.24) is 15.3 Å². The molecule has 1 atom stereocenters. The van der Waals surface area contributed by atoms with Crippen molar-refractivity contribution >= 4 is 11.6 Å². The van der Waals surface area contributed by atoms with Crippen LogP contribution in [0.15, 0.2) is 36.7 Å². The largest absolute Gasteiger partial charge is 0.347 e. The number of non-ortho nitro benzene ring substituents is 1. The van der Waals surface area contributed by atoms with Gasteiger partial charge in [-0.2, -0.15) is 0 Å². The fourth-order valence-electron chi connectivity index (χ4n) is 1.62.